The molecule has 1 aromatic rings. The largest absolute Gasteiger partial charge is 0.377 e. The molecular weight excluding hydrogens is 246 g/mol. The molecule has 0 radical (unpaired) electrons. The molecular formula is C18H31NO. The van der Waals surface area contributed by atoms with Crippen LogP contribution in [0.1, 0.15) is 57.7 Å². The van der Waals surface area contributed by atoms with Gasteiger partial charge in [0.2, 0.25) is 0 Å². The van der Waals surface area contributed by atoms with Crippen LogP contribution in [0.15, 0.2) is 24.3 Å². The zero-order valence-electron chi connectivity index (χ0n) is 13.8. The maximum absolute atomic E-state index is 5.99. The van der Waals surface area contributed by atoms with Crippen LogP contribution in [-0.2, 0) is 11.2 Å². The van der Waals surface area contributed by atoms with Gasteiger partial charge in [0.05, 0.1) is 12.1 Å². The summed E-state index contributed by atoms with van der Waals surface area (Å²) in [5, 5.41) is 3.38. The monoisotopic (exact) mass is 277 g/mol. The van der Waals surface area contributed by atoms with E-state index >= 15 is 0 Å². The van der Waals surface area contributed by atoms with E-state index < -0.39 is 0 Å². The zero-order chi connectivity index (χ0) is 15.0. The molecule has 0 spiro atoms. The fourth-order valence-corrected chi connectivity index (χ4v) is 2.49. The molecule has 1 N–H and O–H groups in total. The van der Waals surface area contributed by atoms with Crippen LogP contribution in [0, 0.1) is 5.92 Å². The molecule has 2 atom stereocenters. The molecule has 0 aliphatic carbocycles. The molecule has 0 aromatic heterocycles. The summed E-state index contributed by atoms with van der Waals surface area (Å²) in [6.45, 7) is 9.71. The maximum atomic E-state index is 5.99. The summed E-state index contributed by atoms with van der Waals surface area (Å²) < 4.78 is 5.99. The van der Waals surface area contributed by atoms with Crippen LogP contribution in [0.2, 0.25) is 0 Å². The molecule has 1 aromatic carbocycles. The molecule has 2 nitrogen and oxygen atoms in total. The normalized spacial score (nSPS) is 14.5. The Morgan fingerprint density at radius 3 is 2.25 bits per heavy atom. The Kier molecular flexibility index (Phi) is 7.86. The molecule has 0 aliphatic rings. The van der Waals surface area contributed by atoms with Crippen molar-refractivity contribution in [1.29, 1.82) is 0 Å². The highest BCUT2D eigenvalue weighted by atomic mass is 16.5. The second-order valence-corrected chi connectivity index (χ2v) is 5.97. The number of ether oxygens (including phenoxy) is 1. The van der Waals surface area contributed by atoms with E-state index in [1.807, 2.05) is 7.05 Å². The van der Waals surface area contributed by atoms with Crippen molar-refractivity contribution in [1.82, 2.24) is 5.32 Å². The SMILES string of the molecule is CCc1ccc(C(NC)C(C)OCCCC(C)C)cc1. The third-order valence-electron chi connectivity index (χ3n) is 3.83. The lowest BCUT2D eigenvalue weighted by Crippen LogP contribution is -2.29. The van der Waals surface area contributed by atoms with Crippen molar-refractivity contribution >= 4 is 0 Å². The Morgan fingerprint density at radius 2 is 1.75 bits per heavy atom. The van der Waals surface area contributed by atoms with Gasteiger partial charge in [-0.25, -0.2) is 0 Å². The lowest BCUT2D eigenvalue weighted by molar-refractivity contribution is 0.0369. The topological polar surface area (TPSA) is 21.3 Å². The van der Waals surface area contributed by atoms with Gasteiger partial charge in [0, 0.05) is 6.61 Å². The first-order valence-corrected chi connectivity index (χ1v) is 7.96. The summed E-state index contributed by atoms with van der Waals surface area (Å²) >= 11 is 0. The second-order valence-electron chi connectivity index (χ2n) is 5.97. The molecule has 0 heterocycles. The number of benzene rings is 1. The van der Waals surface area contributed by atoms with Crippen molar-refractivity contribution in [2.75, 3.05) is 13.7 Å². The number of hydrogen-bond acceptors (Lipinski definition) is 2. The first-order valence-electron chi connectivity index (χ1n) is 7.96. The molecule has 0 saturated heterocycles. The minimum Gasteiger partial charge on any atom is -0.377 e. The standard InChI is InChI=1S/C18H31NO/c1-6-16-9-11-17(12-10-16)18(19-5)15(4)20-13-7-8-14(2)3/h9-12,14-15,18-19H,6-8,13H2,1-5H3. The van der Waals surface area contributed by atoms with Crippen molar-refractivity contribution in [3.05, 3.63) is 35.4 Å². The Balaban J connectivity index is 2.50. The summed E-state index contributed by atoms with van der Waals surface area (Å²) in [6.07, 6.45) is 3.67. The van der Waals surface area contributed by atoms with Crippen molar-refractivity contribution in [2.45, 2.75) is 59.1 Å². The van der Waals surface area contributed by atoms with Crippen molar-refractivity contribution in [3.8, 4) is 0 Å². The van der Waals surface area contributed by atoms with Crippen LogP contribution < -0.4 is 5.32 Å². The molecule has 0 amide bonds. The van der Waals surface area contributed by atoms with E-state index in [4.69, 9.17) is 4.74 Å². The Hall–Kier alpha value is -0.860. The minimum absolute atomic E-state index is 0.194. The average Bonchev–Trinajstić information content (AvgIpc) is 2.45. The molecule has 114 valence electrons. The number of rotatable bonds is 9. The molecule has 0 bridgehead atoms. The van der Waals surface area contributed by atoms with Crippen LogP contribution in [0.5, 0.6) is 0 Å². The maximum Gasteiger partial charge on any atom is 0.0741 e. The fourth-order valence-electron chi connectivity index (χ4n) is 2.49. The molecule has 0 fully saturated rings. The van der Waals surface area contributed by atoms with Gasteiger partial charge < -0.3 is 10.1 Å². The van der Waals surface area contributed by atoms with Gasteiger partial charge in [0.15, 0.2) is 0 Å². The third kappa shape index (κ3) is 5.64. The summed E-state index contributed by atoms with van der Waals surface area (Å²) in [4.78, 5) is 0. The highest BCUT2D eigenvalue weighted by molar-refractivity contribution is 5.25. The van der Waals surface area contributed by atoms with E-state index in [0.717, 1.165) is 25.4 Å². The van der Waals surface area contributed by atoms with E-state index in [1.54, 1.807) is 0 Å². The van der Waals surface area contributed by atoms with Crippen LogP contribution in [0.4, 0.5) is 0 Å². The lowest BCUT2D eigenvalue weighted by Gasteiger charge is -2.24. The number of aryl methyl sites for hydroxylation is 1. The van der Waals surface area contributed by atoms with E-state index in [2.05, 4.69) is 57.3 Å². The smallest absolute Gasteiger partial charge is 0.0741 e. The number of likely N-dealkylation sites (N-methyl/N-ethyl adjacent to an activating group) is 1. The third-order valence-corrected chi connectivity index (χ3v) is 3.83. The van der Waals surface area contributed by atoms with Crippen molar-refractivity contribution in [2.24, 2.45) is 5.92 Å². The molecule has 2 heteroatoms. The van der Waals surface area contributed by atoms with Gasteiger partial charge in [-0.05, 0) is 50.3 Å². The summed E-state index contributed by atoms with van der Waals surface area (Å²) in [5.74, 6) is 0.760. The van der Waals surface area contributed by atoms with Gasteiger partial charge in [-0.2, -0.15) is 0 Å². The Morgan fingerprint density at radius 1 is 1.10 bits per heavy atom. The van der Waals surface area contributed by atoms with E-state index in [0.29, 0.717) is 0 Å². The van der Waals surface area contributed by atoms with Gasteiger partial charge >= 0.3 is 0 Å². The quantitative estimate of drug-likeness (QED) is 0.678. The van der Waals surface area contributed by atoms with E-state index in [-0.39, 0.29) is 12.1 Å². The van der Waals surface area contributed by atoms with E-state index in [1.165, 1.54) is 17.5 Å². The first-order chi connectivity index (χ1) is 9.58. The highest BCUT2D eigenvalue weighted by Gasteiger charge is 2.17. The Labute approximate surface area is 124 Å². The van der Waals surface area contributed by atoms with Gasteiger partial charge in [-0.1, -0.05) is 45.0 Å². The zero-order valence-corrected chi connectivity index (χ0v) is 13.8. The molecule has 0 saturated carbocycles. The second kappa shape index (κ2) is 9.15. The van der Waals surface area contributed by atoms with Gasteiger partial charge in [0.1, 0.15) is 0 Å². The van der Waals surface area contributed by atoms with Gasteiger partial charge in [-0.15, -0.1) is 0 Å². The molecule has 1 rings (SSSR count). The minimum atomic E-state index is 0.194. The summed E-state index contributed by atoms with van der Waals surface area (Å²) in [6, 6.07) is 9.12. The average molecular weight is 277 g/mol. The van der Waals surface area contributed by atoms with Gasteiger partial charge in [0.25, 0.3) is 0 Å². The first kappa shape index (κ1) is 17.2. The molecule has 0 aliphatic heterocycles. The number of nitrogens with one attached hydrogen (secondary N) is 1. The van der Waals surface area contributed by atoms with Crippen LogP contribution in [0.25, 0.3) is 0 Å². The number of hydrogen-bond donors (Lipinski definition) is 1. The van der Waals surface area contributed by atoms with Crippen LogP contribution in [-0.4, -0.2) is 19.8 Å². The molecule has 20 heavy (non-hydrogen) atoms. The highest BCUT2D eigenvalue weighted by Crippen LogP contribution is 2.20. The van der Waals surface area contributed by atoms with Crippen molar-refractivity contribution in [3.63, 3.8) is 0 Å². The van der Waals surface area contributed by atoms with Crippen LogP contribution >= 0.6 is 0 Å². The predicted molar refractivity (Wildman–Crippen MR) is 87.1 cm³/mol. The fraction of sp³-hybridized carbons (Fsp3) is 0.667. The van der Waals surface area contributed by atoms with Crippen LogP contribution in [0.3, 0.4) is 0 Å². The molecule has 2 unspecified atom stereocenters. The van der Waals surface area contributed by atoms with E-state index in [9.17, 15) is 0 Å². The van der Waals surface area contributed by atoms with Crippen molar-refractivity contribution < 1.29 is 4.74 Å². The summed E-state index contributed by atoms with van der Waals surface area (Å²) in [7, 11) is 2.01. The lowest BCUT2D eigenvalue weighted by atomic mass is 10.0. The van der Waals surface area contributed by atoms with Gasteiger partial charge in [-0.3, -0.25) is 0 Å². The Bertz CT molecular complexity index is 358. The summed E-state index contributed by atoms with van der Waals surface area (Å²) in [5.41, 5.74) is 2.69. The predicted octanol–water partition coefficient (Wildman–Crippen LogP) is 4.35.